The molecule has 4 heteroatoms. The Morgan fingerprint density at radius 3 is 2.10 bits per heavy atom. The van der Waals surface area contributed by atoms with E-state index in [9.17, 15) is 9.59 Å². The number of carbonyl (C=O) groups is 2. The van der Waals surface area contributed by atoms with E-state index in [1.54, 1.807) is 6.07 Å². The maximum Gasteiger partial charge on any atom is 0.252 e. The molecule has 0 aliphatic carbocycles. The predicted octanol–water partition coefficient (Wildman–Crippen LogP) is 4.33. The van der Waals surface area contributed by atoms with Gasteiger partial charge in [-0.1, -0.05) is 91.0 Å². The Bertz CT molecular complexity index is 1180. The maximum atomic E-state index is 12.9. The summed E-state index contributed by atoms with van der Waals surface area (Å²) in [6.45, 7) is 0. The minimum Gasteiger partial charge on any atom is -0.368 e. The van der Waals surface area contributed by atoms with Crippen LogP contribution in [0.15, 0.2) is 97.1 Å². The van der Waals surface area contributed by atoms with E-state index in [2.05, 4.69) is 5.32 Å². The molecular formula is C26H22N2O2. The van der Waals surface area contributed by atoms with Crippen molar-refractivity contribution in [2.75, 3.05) is 0 Å². The molecule has 30 heavy (non-hydrogen) atoms. The minimum atomic E-state index is -0.793. The van der Waals surface area contributed by atoms with E-state index in [-0.39, 0.29) is 5.91 Å². The summed E-state index contributed by atoms with van der Waals surface area (Å²) < 4.78 is 0. The first-order valence-electron chi connectivity index (χ1n) is 9.84. The lowest BCUT2D eigenvalue weighted by Crippen LogP contribution is -2.45. The number of nitrogens with one attached hydrogen (secondary N) is 1. The predicted molar refractivity (Wildman–Crippen MR) is 120 cm³/mol. The van der Waals surface area contributed by atoms with Crippen LogP contribution in [-0.2, 0) is 11.2 Å². The van der Waals surface area contributed by atoms with E-state index in [1.165, 1.54) is 0 Å². The van der Waals surface area contributed by atoms with E-state index < -0.39 is 11.9 Å². The van der Waals surface area contributed by atoms with Crippen LogP contribution in [0.3, 0.4) is 0 Å². The molecule has 4 aromatic carbocycles. The highest BCUT2D eigenvalue weighted by atomic mass is 16.2. The quantitative estimate of drug-likeness (QED) is 0.511. The van der Waals surface area contributed by atoms with E-state index >= 15 is 0 Å². The minimum absolute atomic E-state index is 0.309. The maximum absolute atomic E-state index is 12.9. The molecule has 0 bridgehead atoms. The standard InChI is InChI=1S/C26H22N2O2/c27-25(29)24(17-18-13-15-20(16-14-18)19-7-2-1-3-8-19)28-26(30)23-12-6-10-21-9-4-5-11-22(21)23/h1-16,24H,17H2,(H2,27,29)(H,28,30)/t24-/m1/s1. The normalized spacial score (nSPS) is 11.7. The third-order valence-electron chi connectivity index (χ3n) is 5.18. The Kier molecular flexibility index (Phi) is 5.57. The summed E-state index contributed by atoms with van der Waals surface area (Å²) in [6.07, 6.45) is 0.334. The number of nitrogens with two attached hydrogens (primary N) is 1. The summed E-state index contributed by atoms with van der Waals surface area (Å²) in [6, 6.07) is 30.4. The Morgan fingerprint density at radius 2 is 1.37 bits per heavy atom. The Hall–Kier alpha value is -3.92. The summed E-state index contributed by atoms with van der Waals surface area (Å²) >= 11 is 0. The zero-order valence-corrected chi connectivity index (χ0v) is 16.4. The molecule has 2 amide bonds. The molecule has 0 aliphatic heterocycles. The van der Waals surface area contributed by atoms with E-state index in [4.69, 9.17) is 5.73 Å². The number of benzene rings is 4. The van der Waals surface area contributed by atoms with Gasteiger partial charge in [0.1, 0.15) is 6.04 Å². The van der Waals surface area contributed by atoms with Gasteiger partial charge in [-0.3, -0.25) is 9.59 Å². The van der Waals surface area contributed by atoms with E-state index in [0.29, 0.717) is 12.0 Å². The van der Waals surface area contributed by atoms with Crippen LogP contribution in [0, 0.1) is 0 Å². The average molecular weight is 394 g/mol. The molecule has 0 unspecified atom stereocenters. The van der Waals surface area contributed by atoms with Crippen LogP contribution in [0.1, 0.15) is 15.9 Å². The fraction of sp³-hybridized carbons (Fsp3) is 0.0769. The molecule has 4 rings (SSSR count). The van der Waals surface area contributed by atoms with Crippen molar-refractivity contribution in [1.82, 2.24) is 5.32 Å². The summed E-state index contributed by atoms with van der Waals surface area (Å²) in [7, 11) is 0. The molecule has 4 aromatic rings. The molecule has 0 spiro atoms. The van der Waals surface area contributed by atoms with Crippen molar-refractivity contribution in [3.05, 3.63) is 108 Å². The Labute approximate surface area is 175 Å². The molecule has 0 aliphatic rings. The molecule has 148 valence electrons. The van der Waals surface area contributed by atoms with Crippen LogP contribution in [-0.4, -0.2) is 17.9 Å². The van der Waals surface area contributed by atoms with Gasteiger partial charge in [0.25, 0.3) is 5.91 Å². The fourth-order valence-corrected chi connectivity index (χ4v) is 3.58. The summed E-state index contributed by atoms with van der Waals surface area (Å²) in [5.41, 5.74) is 9.26. The second-order valence-electron chi connectivity index (χ2n) is 7.22. The van der Waals surface area contributed by atoms with Crippen molar-refractivity contribution >= 4 is 22.6 Å². The molecular weight excluding hydrogens is 372 g/mol. The number of hydrogen-bond donors (Lipinski definition) is 2. The third-order valence-corrected chi connectivity index (χ3v) is 5.18. The highest BCUT2D eigenvalue weighted by molar-refractivity contribution is 6.08. The lowest BCUT2D eigenvalue weighted by Gasteiger charge is -2.17. The van der Waals surface area contributed by atoms with E-state index in [0.717, 1.165) is 27.5 Å². The summed E-state index contributed by atoms with van der Waals surface area (Å²) in [5, 5.41) is 4.62. The molecule has 0 aromatic heterocycles. The molecule has 0 heterocycles. The van der Waals surface area contributed by atoms with Crippen LogP contribution in [0.5, 0.6) is 0 Å². The van der Waals surface area contributed by atoms with E-state index in [1.807, 2.05) is 91.0 Å². The average Bonchev–Trinajstić information content (AvgIpc) is 2.79. The zero-order chi connectivity index (χ0) is 20.9. The van der Waals surface area contributed by atoms with Gasteiger partial charge in [-0.25, -0.2) is 0 Å². The summed E-state index contributed by atoms with van der Waals surface area (Å²) in [5.74, 6) is -0.868. The van der Waals surface area contributed by atoms with Crippen molar-refractivity contribution in [3.8, 4) is 11.1 Å². The first-order chi connectivity index (χ1) is 14.6. The number of carbonyl (C=O) groups excluding carboxylic acids is 2. The first-order valence-corrected chi connectivity index (χ1v) is 9.84. The van der Waals surface area contributed by atoms with Crippen LogP contribution in [0.4, 0.5) is 0 Å². The molecule has 0 fully saturated rings. The van der Waals surface area contributed by atoms with Gasteiger partial charge in [-0.05, 0) is 33.5 Å². The second kappa shape index (κ2) is 8.62. The monoisotopic (exact) mass is 394 g/mol. The Balaban J connectivity index is 1.52. The van der Waals surface area contributed by atoms with Crippen molar-refractivity contribution in [3.63, 3.8) is 0 Å². The number of rotatable bonds is 6. The van der Waals surface area contributed by atoms with Gasteiger partial charge in [-0.2, -0.15) is 0 Å². The van der Waals surface area contributed by atoms with Gasteiger partial charge < -0.3 is 11.1 Å². The Morgan fingerprint density at radius 1 is 0.733 bits per heavy atom. The highest BCUT2D eigenvalue weighted by Crippen LogP contribution is 2.21. The summed E-state index contributed by atoms with van der Waals surface area (Å²) in [4.78, 5) is 24.9. The second-order valence-corrected chi connectivity index (χ2v) is 7.22. The number of amides is 2. The SMILES string of the molecule is NC(=O)[C@@H](Cc1ccc(-c2ccccc2)cc1)NC(=O)c1cccc2ccccc12. The third kappa shape index (κ3) is 4.23. The molecule has 0 saturated heterocycles. The van der Waals surface area contributed by atoms with Gasteiger partial charge in [-0.15, -0.1) is 0 Å². The van der Waals surface area contributed by atoms with Gasteiger partial charge in [0.05, 0.1) is 0 Å². The molecule has 0 saturated carbocycles. The van der Waals surface area contributed by atoms with Crippen molar-refractivity contribution < 1.29 is 9.59 Å². The first kappa shape index (κ1) is 19.4. The van der Waals surface area contributed by atoms with Crippen molar-refractivity contribution in [1.29, 1.82) is 0 Å². The van der Waals surface area contributed by atoms with Crippen molar-refractivity contribution in [2.24, 2.45) is 5.73 Å². The van der Waals surface area contributed by atoms with Crippen molar-refractivity contribution in [2.45, 2.75) is 12.5 Å². The lowest BCUT2D eigenvalue weighted by molar-refractivity contribution is -0.119. The molecule has 1 atom stereocenters. The molecule has 4 nitrogen and oxygen atoms in total. The topological polar surface area (TPSA) is 72.2 Å². The van der Waals surface area contributed by atoms with Gasteiger partial charge in [0.15, 0.2) is 0 Å². The van der Waals surface area contributed by atoms with Crippen LogP contribution >= 0.6 is 0 Å². The van der Waals surface area contributed by atoms with Crippen LogP contribution in [0.25, 0.3) is 21.9 Å². The van der Waals surface area contributed by atoms with Gasteiger partial charge in [0.2, 0.25) is 5.91 Å². The number of hydrogen-bond acceptors (Lipinski definition) is 2. The molecule has 3 N–H and O–H groups in total. The zero-order valence-electron chi connectivity index (χ0n) is 16.4. The highest BCUT2D eigenvalue weighted by Gasteiger charge is 2.20. The van der Waals surface area contributed by atoms with Crippen LogP contribution < -0.4 is 11.1 Å². The lowest BCUT2D eigenvalue weighted by atomic mass is 9.99. The number of fused-ring (bicyclic) bond motifs is 1. The smallest absolute Gasteiger partial charge is 0.252 e. The fourth-order valence-electron chi connectivity index (χ4n) is 3.58. The van der Waals surface area contributed by atoms with Gasteiger partial charge >= 0.3 is 0 Å². The van der Waals surface area contributed by atoms with Gasteiger partial charge in [0, 0.05) is 12.0 Å². The molecule has 0 radical (unpaired) electrons. The number of primary amides is 1. The largest absolute Gasteiger partial charge is 0.368 e. The van der Waals surface area contributed by atoms with Crippen LogP contribution in [0.2, 0.25) is 0 Å².